The molecule has 0 aliphatic carbocycles. The summed E-state index contributed by atoms with van der Waals surface area (Å²) in [5.41, 5.74) is 2.61. The van der Waals surface area contributed by atoms with E-state index in [-0.39, 0.29) is 18.2 Å². The molecule has 112 valence electrons. The Hall–Kier alpha value is -2.62. The van der Waals surface area contributed by atoms with Gasteiger partial charge in [0, 0.05) is 11.9 Å². The smallest absolute Gasteiger partial charge is 0.226 e. The number of nitrogens with one attached hydrogen (secondary N) is 1. The second-order valence-corrected chi connectivity index (χ2v) is 5.42. The molecule has 0 spiro atoms. The number of fused-ring (bicyclic) bond motifs is 1. The molecule has 3 aromatic rings. The normalized spacial score (nSPS) is 12.2. The molecule has 0 saturated heterocycles. The van der Waals surface area contributed by atoms with Crippen molar-refractivity contribution in [2.45, 2.75) is 19.3 Å². The largest absolute Gasteiger partial charge is 0.356 e. The molecule has 0 fully saturated rings. The fourth-order valence-electron chi connectivity index (χ4n) is 2.45. The van der Waals surface area contributed by atoms with Gasteiger partial charge in [-0.2, -0.15) is 0 Å². The summed E-state index contributed by atoms with van der Waals surface area (Å²) in [6, 6.07) is 17.7. The molecule has 1 heterocycles. The summed E-state index contributed by atoms with van der Waals surface area (Å²) in [7, 11) is 0. The van der Waals surface area contributed by atoms with E-state index in [0.29, 0.717) is 17.8 Å². The lowest BCUT2D eigenvalue weighted by molar-refractivity contribution is -0.120. The van der Waals surface area contributed by atoms with Crippen LogP contribution in [0.15, 0.2) is 59.1 Å². The highest BCUT2D eigenvalue weighted by Crippen LogP contribution is 2.18. The molecule has 0 radical (unpaired) electrons. The zero-order valence-electron chi connectivity index (χ0n) is 12.5. The van der Waals surface area contributed by atoms with Crippen LogP contribution in [0.1, 0.15) is 24.1 Å². The number of benzene rings is 2. The van der Waals surface area contributed by atoms with E-state index in [1.54, 1.807) is 0 Å². The summed E-state index contributed by atoms with van der Waals surface area (Å²) < 4.78 is 5.21. The van der Waals surface area contributed by atoms with E-state index in [1.165, 1.54) is 5.56 Å². The van der Waals surface area contributed by atoms with Gasteiger partial charge in [-0.15, -0.1) is 0 Å². The van der Waals surface area contributed by atoms with Crippen LogP contribution in [0.25, 0.3) is 11.0 Å². The minimum Gasteiger partial charge on any atom is -0.356 e. The molecule has 1 aromatic heterocycles. The van der Waals surface area contributed by atoms with Crippen molar-refractivity contribution in [3.8, 4) is 0 Å². The van der Waals surface area contributed by atoms with E-state index in [0.717, 1.165) is 5.39 Å². The van der Waals surface area contributed by atoms with Crippen LogP contribution in [0, 0.1) is 0 Å². The Balaban J connectivity index is 1.59. The topological polar surface area (TPSA) is 55.1 Å². The summed E-state index contributed by atoms with van der Waals surface area (Å²) in [4.78, 5) is 12.1. The van der Waals surface area contributed by atoms with Gasteiger partial charge in [-0.25, -0.2) is 0 Å². The van der Waals surface area contributed by atoms with Gasteiger partial charge in [-0.05, 0) is 23.6 Å². The number of nitrogens with zero attached hydrogens (tertiary/aromatic N) is 1. The summed E-state index contributed by atoms with van der Waals surface area (Å²) in [5, 5.41) is 7.85. The summed E-state index contributed by atoms with van der Waals surface area (Å²) in [5.74, 6) is 0.237. The number of hydrogen-bond donors (Lipinski definition) is 1. The minimum atomic E-state index is -0.0400. The predicted molar refractivity (Wildman–Crippen MR) is 85.6 cm³/mol. The van der Waals surface area contributed by atoms with Crippen molar-refractivity contribution in [1.82, 2.24) is 10.5 Å². The van der Waals surface area contributed by atoms with Crippen molar-refractivity contribution in [3.05, 3.63) is 65.9 Å². The fourth-order valence-corrected chi connectivity index (χ4v) is 2.45. The average molecular weight is 294 g/mol. The quantitative estimate of drug-likeness (QED) is 0.785. The molecule has 0 saturated carbocycles. The van der Waals surface area contributed by atoms with Crippen LogP contribution in [0.3, 0.4) is 0 Å². The Labute approximate surface area is 129 Å². The fraction of sp³-hybridized carbons (Fsp3) is 0.222. The van der Waals surface area contributed by atoms with Crippen molar-refractivity contribution in [1.29, 1.82) is 0 Å². The van der Waals surface area contributed by atoms with Gasteiger partial charge >= 0.3 is 0 Å². The van der Waals surface area contributed by atoms with Crippen molar-refractivity contribution >= 4 is 16.9 Å². The Morgan fingerprint density at radius 2 is 1.86 bits per heavy atom. The molecule has 22 heavy (non-hydrogen) atoms. The number of carbonyl (C=O) groups excluding carboxylic acids is 1. The monoisotopic (exact) mass is 294 g/mol. The summed E-state index contributed by atoms with van der Waals surface area (Å²) >= 11 is 0. The standard InChI is InChI=1S/C18H18N2O2/c1-13(14-7-3-2-4-8-14)12-19-18(21)11-16-15-9-5-6-10-17(15)22-20-16/h2-10,13H,11-12H2,1H3,(H,19,21)/t13-/m1/s1. The molecule has 0 unspecified atom stereocenters. The number of amides is 1. The lowest BCUT2D eigenvalue weighted by atomic mass is 10.0. The second-order valence-electron chi connectivity index (χ2n) is 5.42. The van der Waals surface area contributed by atoms with E-state index in [2.05, 4.69) is 29.5 Å². The molecule has 2 aromatic carbocycles. The zero-order chi connectivity index (χ0) is 15.4. The third-order valence-corrected chi connectivity index (χ3v) is 3.75. The number of aromatic nitrogens is 1. The minimum absolute atomic E-state index is 0.0400. The Kier molecular flexibility index (Phi) is 4.19. The van der Waals surface area contributed by atoms with Gasteiger partial charge in [0.15, 0.2) is 5.58 Å². The van der Waals surface area contributed by atoms with Crippen LogP contribution in [0.4, 0.5) is 0 Å². The van der Waals surface area contributed by atoms with E-state index < -0.39 is 0 Å². The number of para-hydroxylation sites is 1. The van der Waals surface area contributed by atoms with Gasteiger partial charge in [-0.1, -0.05) is 54.5 Å². The maximum atomic E-state index is 12.1. The lowest BCUT2D eigenvalue weighted by Gasteiger charge is -2.12. The van der Waals surface area contributed by atoms with E-state index in [1.807, 2.05) is 42.5 Å². The van der Waals surface area contributed by atoms with Crippen LogP contribution in [0.5, 0.6) is 0 Å². The van der Waals surface area contributed by atoms with Crippen molar-refractivity contribution < 1.29 is 9.32 Å². The Morgan fingerprint density at radius 1 is 1.14 bits per heavy atom. The molecule has 1 atom stereocenters. The first-order chi connectivity index (χ1) is 10.7. The Bertz CT molecular complexity index is 765. The number of carbonyl (C=O) groups is 1. The number of hydrogen-bond acceptors (Lipinski definition) is 3. The molecule has 1 amide bonds. The molecule has 3 rings (SSSR count). The van der Waals surface area contributed by atoms with Crippen LogP contribution < -0.4 is 5.32 Å². The molecule has 0 aliphatic rings. The first-order valence-corrected chi connectivity index (χ1v) is 7.39. The maximum Gasteiger partial charge on any atom is 0.226 e. The molecule has 1 N–H and O–H groups in total. The average Bonchev–Trinajstić information content (AvgIpc) is 2.97. The molecule has 0 aliphatic heterocycles. The van der Waals surface area contributed by atoms with E-state index in [9.17, 15) is 4.79 Å². The van der Waals surface area contributed by atoms with Crippen LogP contribution in [-0.4, -0.2) is 17.6 Å². The van der Waals surface area contributed by atoms with E-state index >= 15 is 0 Å². The Morgan fingerprint density at radius 3 is 2.68 bits per heavy atom. The SMILES string of the molecule is C[C@H](CNC(=O)Cc1noc2ccccc12)c1ccccc1. The second kappa shape index (κ2) is 6.43. The number of rotatable bonds is 5. The summed E-state index contributed by atoms with van der Waals surface area (Å²) in [6.45, 7) is 2.71. The highest BCUT2D eigenvalue weighted by molar-refractivity contribution is 5.86. The van der Waals surface area contributed by atoms with Crippen molar-refractivity contribution in [2.75, 3.05) is 6.54 Å². The van der Waals surface area contributed by atoms with Crippen LogP contribution >= 0.6 is 0 Å². The summed E-state index contributed by atoms with van der Waals surface area (Å²) in [6.07, 6.45) is 0.235. The van der Waals surface area contributed by atoms with E-state index in [4.69, 9.17) is 4.52 Å². The van der Waals surface area contributed by atoms with Crippen LogP contribution in [0.2, 0.25) is 0 Å². The molecular formula is C18H18N2O2. The maximum absolute atomic E-state index is 12.1. The van der Waals surface area contributed by atoms with Crippen molar-refractivity contribution in [2.24, 2.45) is 0 Å². The first kappa shape index (κ1) is 14.3. The van der Waals surface area contributed by atoms with Gasteiger partial charge in [0.1, 0.15) is 5.69 Å². The zero-order valence-corrected chi connectivity index (χ0v) is 12.5. The van der Waals surface area contributed by atoms with Crippen molar-refractivity contribution in [3.63, 3.8) is 0 Å². The van der Waals surface area contributed by atoms with Gasteiger partial charge in [0.2, 0.25) is 5.91 Å². The molecule has 0 bridgehead atoms. The third-order valence-electron chi connectivity index (χ3n) is 3.75. The third kappa shape index (κ3) is 3.17. The highest BCUT2D eigenvalue weighted by atomic mass is 16.5. The lowest BCUT2D eigenvalue weighted by Crippen LogP contribution is -2.29. The van der Waals surface area contributed by atoms with Gasteiger partial charge in [0.05, 0.1) is 6.42 Å². The van der Waals surface area contributed by atoms with Crippen LogP contribution in [-0.2, 0) is 11.2 Å². The molecular weight excluding hydrogens is 276 g/mol. The van der Waals surface area contributed by atoms with Gasteiger partial charge < -0.3 is 9.84 Å². The van der Waals surface area contributed by atoms with Gasteiger partial charge in [-0.3, -0.25) is 4.79 Å². The first-order valence-electron chi connectivity index (χ1n) is 7.39. The van der Waals surface area contributed by atoms with Gasteiger partial charge in [0.25, 0.3) is 0 Å². The highest BCUT2D eigenvalue weighted by Gasteiger charge is 2.13. The predicted octanol–water partition coefficient (Wildman–Crippen LogP) is 3.29. The molecule has 4 heteroatoms. The molecule has 4 nitrogen and oxygen atoms in total.